The zero-order valence-electron chi connectivity index (χ0n) is 16.7. The summed E-state index contributed by atoms with van der Waals surface area (Å²) >= 11 is 0. The Morgan fingerprint density at radius 2 is 1.08 bits per heavy atom. The molecule has 0 fully saturated rings. The van der Waals surface area contributed by atoms with E-state index in [2.05, 4.69) is 67.5 Å². The predicted octanol–water partition coefficient (Wildman–Crippen LogP) is 6.29. The fraction of sp³-hybridized carbons (Fsp3) is 0.727. The third-order valence-electron chi connectivity index (χ3n) is 5.75. The predicted molar refractivity (Wildman–Crippen MR) is 100 cm³/mol. The summed E-state index contributed by atoms with van der Waals surface area (Å²) in [5.74, 6) is 4.42. The average Bonchev–Trinajstić information content (AvgIpc) is 2.43. The summed E-state index contributed by atoms with van der Waals surface area (Å²) in [5.41, 5.74) is 2.66. The van der Waals surface area contributed by atoms with E-state index in [0.717, 1.165) is 24.3 Å². The summed E-state index contributed by atoms with van der Waals surface area (Å²) in [4.78, 5) is 0. The standard InChI is InChI=1S/C22H34O2/c1-13(2)15-11-21(5,6)23-17-9-10-18-20(19(15)17)16(14(3)4)12-22(7,8)24-18/h9-10,13-16H,11-12H2,1-8H3. The maximum atomic E-state index is 6.39. The van der Waals surface area contributed by atoms with Crippen molar-refractivity contribution in [2.45, 2.75) is 91.3 Å². The molecule has 0 spiro atoms. The minimum Gasteiger partial charge on any atom is -0.488 e. The maximum absolute atomic E-state index is 6.39. The number of rotatable bonds is 2. The Kier molecular flexibility index (Phi) is 4.17. The van der Waals surface area contributed by atoms with E-state index < -0.39 is 0 Å². The van der Waals surface area contributed by atoms with Gasteiger partial charge in [-0.2, -0.15) is 0 Å². The minimum absolute atomic E-state index is 0.0989. The first kappa shape index (κ1) is 17.6. The maximum Gasteiger partial charge on any atom is 0.124 e. The first-order valence-electron chi connectivity index (χ1n) is 9.55. The highest BCUT2D eigenvalue weighted by Crippen LogP contribution is 2.54. The van der Waals surface area contributed by atoms with Gasteiger partial charge in [0.2, 0.25) is 0 Å². The van der Waals surface area contributed by atoms with Crippen LogP contribution in [0.4, 0.5) is 0 Å². The van der Waals surface area contributed by atoms with Crippen LogP contribution in [-0.2, 0) is 0 Å². The number of benzene rings is 1. The molecule has 2 heteroatoms. The van der Waals surface area contributed by atoms with Gasteiger partial charge >= 0.3 is 0 Å². The zero-order valence-corrected chi connectivity index (χ0v) is 16.7. The molecule has 134 valence electrons. The van der Waals surface area contributed by atoms with E-state index in [1.54, 1.807) is 0 Å². The molecule has 0 aromatic heterocycles. The highest BCUT2D eigenvalue weighted by atomic mass is 16.5. The lowest BCUT2D eigenvalue weighted by molar-refractivity contribution is 0.0498. The van der Waals surface area contributed by atoms with Crippen molar-refractivity contribution in [1.29, 1.82) is 0 Å². The van der Waals surface area contributed by atoms with Crippen molar-refractivity contribution in [3.05, 3.63) is 23.3 Å². The van der Waals surface area contributed by atoms with E-state index in [1.807, 2.05) is 0 Å². The molecule has 1 aromatic carbocycles. The quantitative estimate of drug-likeness (QED) is 0.634. The van der Waals surface area contributed by atoms with E-state index in [9.17, 15) is 0 Å². The molecule has 0 N–H and O–H groups in total. The third kappa shape index (κ3) is 3.05. The smallest absolute Gasteiger partial charge is 0.124 e. The van der Waals surface area contributed by atoms with Gasteiger partial charge in [-0.3, -0.25) is 0 Å². The Balaban J connectivity index is 2.21. The van der Waals surface area contributed by atoms with E-state index in [-0.39, 0.29) is 11.2 Å². The van der Waals surface area contributed by atoms with Crippen molar-refractivity contribution in [1.82, 2.24) is 0 Å². The lowest BCUT2D eigenvalue weighted by atomic mass is 9.70. The topological polar surface area (TPSA) is 18.5 Å². The third-order valence-corrected chi connectivity index (χ3v) is 5.75. The molecule has 2 aliphatic heterocycles. The van der Waals surface area contributed by atoms with E-state index in [1.165, 1.54) is 11.1 Å². The van der Waals surface area contributed by atoms with Crippen LogP contribution in [0.5, 0.6) is 11.5 Å². The first-order chi connectivity index (χ1) is 11.0. The first-order valence-corrected chi connectivity index (χ1v) is 9.55. The molecule has 0 saturated heterocycles. The summed E-state index contributed by atoms with van der Waals surface area (Å²) in [5, 5.41) is 0. The highest BCUT2D eigenvalue weighted by Gasteiger charge is 2.43. The van der Waals surface area contributed by atoms with Gasteiger partial charge in [0.25, 0.3) is 0 Å². The van der Waals surface area contributed by atoms with Crippen LogP contribution < -0.4 is 9.47 Å². The van der Waals surface area contributed by atoms with Crippen molar-refractivity contribution in [2.24, 2.45) is 11.8 Å². The number of ether oxygens (including phenoxy) is 2. The van der Waals surface area contributed by atoms with Crippen LogP contribution in [0, 0.1) is 11.8 Å². The molecule has 3 rings (SSSR count). The Morgan fingerprint density at radius 1 is 0.750 bits per heavy atom. The second-order valence-corrected chi connectivity index (χ2v) is 9.72. The summed E-state index contributed by atoms with van der Waals surface area (Å²) in [6, 6.07) is 4.28. The second-order valence-electron chi connectivity index (χ2n) is 9.72. The van der Waals surface area contributed by atoms with Crippen LogP contribution in [0.15, 0.2) is 12.1 Å². The molecule has 24 heavy (non-hydrogen) atoms. The summed E-state index contributed by atoms with van der Waals surface area (Å²) in [6.07, 6.45) is 2.14. The van der Waals surface area contributed by atoms with Gasteiger partial charge in [-0.15, -0.1) is 0 Å². The van der Waals surface area contributed by atoms with Crippen molar-refractivity contribution in [3.63, 3.8) is 0 Å². The average molecular weight is 331 g/mol. The highest BCUT2D eigenvalue weighted by molar-refractivity contribution is 5.55. The van der Waals surface area contributed by atoms with Gasteiger partial charge in [0.1, 0.15) is 22.7 Å². The van der Waals surface area contributed by atoms with Crippen LogP contribution in [0.2, 0.25) is 0 Å². The number of hydrogen-bond acceptors (Lipinski definition) is 2. The monoisotopic (exact) mass is 330 g/mol. The summed E-state index contributed by atoms with van der Waals surface area (Å²) in [6.45, 7) is 18.2. The van der Waals surface area contributed by atoms with E-state index in [0.29, 0.717) is 23.7 Å². The molecule has 1 aromatic rings. The molecule has 2 heterocycles. The van der Waals surface area contributed by atoms with Crippen molar-refractivity contribution in [3.8, 4) is 11.5 Å². The molecule has 2 aliphatic rings. The van der Waals surface area contributed by atoms with Crippen LogP contribution >= 0.6 is 0 Å². The van der Waals surface area contributed by atoms with Gasteiger partial charge in [0, 0.05) is 11.1 Å². The van der Waals surface area contributed by atoms with Gasteiger partial charge in [-0.25, -0.2) is 0 Å². The number of fused-ring (bicyclic) bond motifs is 3. The molecule has 2 atom stereocenters. The van der Waals surface area contributed by atoms with Crippen LogP contribution in [-0.4, -0.2) is 11.2 Å². The molecule has 2 nitrogen and oxygen atoms in total. The fourth-order valence-corrected chi connectivity index (χ4v) is 4.62. The van der Waals surface area contributed by atoms with Crippen molar-refractivity contribution >= 4 is 0 Å². The fourth-order valence-electron chi connectivity index (χ4n) is 4.62. The summed E-state index contributed by atoms with van der Waals surface area (Å²) in [7, 11) is 0. The van der Waals surface area contributed by atoms with Gasteiger partial charge in [-0.1, -0.05) is 27.7 Å². The Morgan fingerprint density at radius 3 is 1.38 bits per heavy atom. The zero-order chi connectivity index (χ0) is 17.9. The normalized spacial score (nSPS) is 27.2. The van der Waals surface area contributed by atoms with Crippen LogP contribution in [0.3, 0.4) is 0 Å². The van der Waals surface area contributed by atoms with Gasteiger partial charge in [0.15, 0.2) is 0 Å². The molecule has 0 bridgehead atoms. The molecule has 2 unspecified atom stereocenters. The van der Waals surface area contributed by atoms with Gasteiger partial charge in [-0.05, 0) is 76.3 Å². The molecular weight excluding hydrogens is 296 g/mol. The van der Waals surface area contributed by atoms with Crippen LogP contribution in [0.1, 0.15) is 91.2 Å². The van der Waals surface area contributed by atoms with E-state index >= 15 is 0 Å². The molecule has 0 radical (unpaired) electrons. The molecular formula is C22H34O2. The van der Waals surface area contributed by atoms with Crippen molar-refractivity contribution < 1.29 is 9.47 Å². The molecule has 0 saturated carbocycles. The largest absolute Gasteiger partial charge is 0.488 e. The van der Waals surface area contributed by atoms with Crippen molar-refractivity contribution in [2.75, 3.05) is 0 Å². The van der Waals surface area contributed by atoms with E-state index in [4.69, 9.17) is 9.47 Å². The Hall–Kier alpha value is -1.18. The number of hydrogen-bond donors (Lipinski definition) is 0. The summed E-state index contributed by atoms with van der Waals surface area (Å²) < 4.78 is 12.8. The lowest BCUT2D eigenvalue weighted by Gasteiger charge is -2.45. The van der Waals surface area contributed by atoms with Gasteiger partial charge < -0.3 is 9.47 Å². The van der Waals surface area contributed by atoms with Crippen LogP contribution in [0.25, 0.3) is 0 Å². The van der Waals surface area contributed by atoms with Gasteiger partial charge in [0.05, 0.1) is 0 Å². The SMILES string of the molecule is CC(C)C1CC(C)(C)Oc2ccc3c(c21)C(C(C)C)CC(C)(C)O3. The molecule has 0 amide bonds. The lowest BCUT2D eigenvalue weighted by Crippen LogP contribution is -2.40. The Bertz CT molecular complexity index is 570. The molecule has 0 aliphatic carbocycles. The minimum atomic E-state index is -0.0989. The second kappa shape index (κ2) is 5.68. The Labute approximate surface area is 147 Å².